The van der Waals surface area contributed by atoms with Crippen molar-refractivity contribution in [1.29, 1.82) is 0 Å². The molecule has 0 fully saturated rings. The third-order valence-corrected chi connectivity index (χ3v) is 3.36. The Kier molecular flexibility index (Phi) is 3.53. The number of imidazole rings is 1. The predicted molar refractivity (Wildman–Crippen MR) is 72.6 cm³/mol. The van der Waals surface area contributed by atoms with E-state index in [0.29, 0.717) is 6.54 Å². The van der Waals surface area contributed by atoms with Gasteiger partial charge in [-0.1, -0.05) is 17.7 Å². The minimum absolute atomic E-state index is 0.488. The minimum Gasteiger partial charge on any atom is -0.387 e. The van der Waals surface area contributed by atoms with Crippen molar-refractivity contribution in [3.8, 4) is 0 Å². The summed E-state index contributed by atoms with van der Waals surface area (Å²) in [5.74, 6) is 0.927. The van der Waals surface area contributed by atoms with Crippen molar-refractivity contribution in [1.82, 2.24) is 9.55 Å². The molecule has 0 aliphatic rings. The number of aryl methyl sites for hydroxylation is 4. The highest BCUT2D eigenvalue weighted by atomic mass is 16.3. The Morgan fingerprint density at radius 2 is 1.78 bits per heavy atom. The summed E-state index contributed by atoms with van der Waals surface area (Å²) >= 11 is 0. The molecule has 1 aromatic heterocycles. The third kappa shape index (κ3) is 2.46. The Morgan fingerprint density at radius 3 is 2.28 bits per heavy atom. The maximum atomic E-state index is 10.4. The van der Waals surface area contributed by atoms with E-state index in [9.17, 15) is 5.11 Å². The molecule has 0 spiro atoms. The monoisotopic (exact) mass is 244 g/mol. The highest BCUT2D eigenvalue weighted by Crippen LogP contribution is 2.25. The standard InChI is InChI=1S/C15H20N2O/c1-10-7-11(2)15(12(3)8-10)14(18)9-17-6-5-16-13(17)4/h5-8,14,18H,9H2,1-4H3. The molecule has 1 unspecified atom stereocenters. The second kappa shape index (κ2) is 4.94. The second-order valence-corrected chi connectivity index (χ2v) is 4.96. The zero-order chi connectivity index (χ0) is 13.3. The number of rotatable bonds is 3. The van der Waals surface area contributed by atoms with Gasteiger partial charge in [0.2, 0.25) is 0 Å². The zero-order valence-corrected chi connectivity index (χ0v) is 11.4. The molecule has 1 heterocycles. The van der Waals surface area contributed by atoms with E-state index >= 15 is 0 Å². The summed E-state index contributed by atoms with van der Waals surface area (Å²) in [7, 11) is 0. The molecule has 2 aromatic rings. The van der Waals surface area contributed by atoms with Gasteiger partial charge in [0.05, 0.1) is 12.6 Å². The topological polar surface area (TPSA) is 38.0 Å². The molecule has 1 atom stereocenters. The molecule has 0 amide bonds. The number of hydrogen-bond acceptors (Lipinski definition) is 2. The maximum Gasteiger partial charge on any atom is 0.105 e. The van der Waals surface area contributed by atoms with Crippen LogP contribution in [0.1, 0.15) is 34.2 Å². The fraction of sp³-hybridized carbons (Fsp3) is 0.400. The average Bonchev–Trinajstić information content (AvgIpc) is 2.62. The molecule has 0 saturated heterocycles. The largest absolute Gasteiger partial charge is 0.387 e. The van der Waals surface area contributed by atoms with Crippen LogP contribution in [0.5, 0.6) is 0 Å². The smallest absolute Gasteiger partial charge is 0.105 e. The summed E-state index contributed by atoms with van der Waals surface area (Å²) < 4.78 is 1.98. The molecular formula is C15H20N2O. The first-order chi connectivity index (χ1) is 8.49. The number of benzene rings is 1. The Morgan fingerprint density at radius 1 is 1.17 bits per heavy atom. The van der Waals surface area contributed by atoms with Crippen LogP contribution in [0.3, 0.4) is 0 Å². The molecule has 18 heavy (non-hydrogen) atoms. The van der Waals surface area contributed by atoms with E-state index in [1.54, 1.807) is 6.20 Å². The molecule has 0 radical (unpaired) electrons. The van der Waals surface area contributed by atoms with E-state index in [2.05, 4.69) is 37.9 Å². The second-order valence-electron chi connectivity index (χ2n) is 4.96. The first kappa shape index (κ1) is 12.8. The van der Waals surface area contributed by atoms with Crippen LogP contribution in [0, 0.1) is 27.7 Å². The van der Waals surface area contributed by atoms with E-state index in [1.165, 1.54) is 5.56 Å². The maximum absolute atomic E-state index is 10.4. The molecule has 1 aromatic carbocycles. The Bertz CT molecular complexity index is 534. The molecule has 2 rings (SSSR count). The van der Waals surface area contributed by atoms with Gasteiger partial charge in [-0.15, -0.1) is 0 Å². The van der Waals surface area contributed by atoms with Gasteiger partial charge in [0, 0.05) is 12.4 Å². The van der Waals surface area contributed by atoms with Crippen LogP contribution in [-0.2, 0) is 6.54 Å². The van der Waals surface area contributed by atoms with Crippen molar-refractivity contribution in [2.45, 2.75) is 40.3 Å². The first-order valence-corrected chi connectivity index (χ1v) is 6.22. The normalized spacial score (nSPS) is 12.7. The van der Waals surface area contributed by atoms with Gasteiger partial charge in [-0.3, -0.25) is 0 Å². The summed E-state index contributed by atoms with van der Waals surface area (Å²) in [6, 6.07) is 4.23. The van der Waals surface area contributed by atoms with Gasteiger partial charge in [0.1, 0.15) is 5.82 Å². The van der Waals surface area contributed by atoms with Crippen LogP contribution >= 0.6 is 0 Å². The zero-order valence-electron chi connectivity index (χ0n) is 11.4. The van der Waals surface area contributed by atoms with Gasteiger partial charge in [-0.05, 0) is 44.4 Å². The summed E-state index contributed by atoms with van der Waals surface area (Å²) in [6.07, 6.45) is 3.17. The SMILES string of the molecule is Cc1cc(C)c(C(O)Cn2ccnc2C)c(C)c1. The van der Waals surface area contributed by atoms with Crippen LogP contribution in [0.2, 0.25) is 0 Å². The van der Waals surface area contributed by atoms with Crippen molar-refractivity contribution >= 4 is 0 Å². The van der Waals surface area contributed by atoms with E-state index in [1.807, 2.05) is 17.7 Å². The molecule has 0 aliphatic heterocycles. The Balaban J connectivity index is 2.29. The average molecular weight is 244 g/mol. The lowest BCUT2D eigenvalue weighted by Crippen LogP contribution is -2.12. The van der Waals surface area contributed by atoms with Gasteiger partial charge < -0.3 is 9.67 Å². The van der Waals surface area contributed by atoms with Crippen molar-refractivity contribution in [3.63, 3.8) is 0 Å². The third-order valence-electron chi connectivity index (χ3n) is 3.36. The van der Waals surface area contributed by atoms with Crippen molar-refractivity contribution < 1.29 is 5.11 Å². The molecule has 0 aliphatic carbocycles. The highest BCUT2D eigenvalue weighted by molar-refractivity contribution is 5.38. The number of nitrogens with zero attached hydrogens (tertiary/aromatic N) is 2. The highest BCUT2D eigenvalue weighted by Gasteiger charge is 2.15. The van der Waals surface area contributed by atoms with Gasteiger partial charge in [-0.2, -0.15) is 0 Å². The van der Waals surface area contributed by atoms with Gasteiger partial charge in [0.15, 0.2) is 0 Å². The summed E-state index contributed by atoms with van der Waals surface area (Å²) in [6.45, 7) is 8.69. The summed E-state index contributed by atoms with van der Waals surface area (Å²) in [5, 5.41) is 10.4. The number of aromatic nitrogens is 2. The molecular weight excluding hydrogens is 224 g/mol. The van der Waals surface area contributed by atoms with Gasteiger partial charge >= 0.3 is 0 Å². The number of aliphatic hydroxyl groups excluding tert-OH is 1. The van der Waals surface area contributed by atoms with Crippen LogP contribution in [0.15, 0.2) is 24.5 Å². The van der Waals surface area contributed by atoms with Crippen molar-refractivity contribution in [2.75, 3.05) is 0 Å². The molecule has 3 heteroatoms. The van der Waals surface area contributed by atoms with Gasteiger partial charge in [0.25, 0.3) is 0 Å². The van der Waals surface area contributed by atoms with E-state index in [0.717, 1.165) is 22.5 Å². The molecule has 0 bridgehead atoms. The first-order valence-electron chi connectivity index (χ1n) is 6.22. The van der Waals surface area contributed by atoms with Crippen molar-refractivity contribution in [2.24, 2.45) is 0 Å². The lowest BCUT2D eigenvalue weighted by Gasteiger charge is -2.18. The molecule has 1 N–H and O–H groups in total. The van der Waals surface area contributed by atoms with Crippen LogP contribution in [0.4, 0.5) is 0 Å². The predicted octanol–water partition coefficient (Wildman–Crippen LogP) is 2.85. The van der Waals surface area contributed by atoms with E-state index < -0.39 is 6.10 Å². The Labute approximate surface area is 108 Å². The van der Waals surface area contributed by atoms with Crippen LogP contribution in [-0.4, -0.2) is 14.7 Å². The fourth-order valence-electron chi connectivity index (χ4n) is 2.59. The van der Waals surface area contributed by atoms with Gasteiger partial charge in [-0.25, -0.2) is 4.98 Å². The molecule has 0 saturated carbocycles. The van der Waals surface area contributed by atoms with Crippen LogP contribution < -0.4 is 0 Å². The molecule has 96 valence electrons. The summed E-state index contributed by atoms with van der Waals surface area (Å²) in [5.41, 5.74) is 4.57. The lowest BCUT2D eigenvalue weighted by atomic mass is 9.95. The number of hydrogen-bond donors (Lipinski definition) is 1. The fourth-order valence-corrected chi connectivity index (χ4v) is 2.59. The minimum atomic E-state index is -0.488. The van der Waals surface area contributed by atoms with E-state index in [-0.39, 0.29) is 0 Å². The Hall–Kier alpha value is -1.61. The lowest BCUT2D eigenvalue weighted by molar-refractivity contribution is 0.154. The quantitative estimate of drug-likeness (QED) is 0.901. The number of aliphatic hydroxyl groups is 1. The van der Waals surface area contributed by atoms with Crippen LogP contribution in [0.25, 0.3) is 0 Å². The van der Waals surface area contributed by atoms with Crippen molar-refractivity contribution in [3.05, 3.63) is 52.6 Å². The summed E-state index contributed by atoms with van der Waals surface area (Å²) in [4.78, 5) is 4.17. The molecule has 3 nitrogen and oxygen atoms in total. The van der Waals surface area contributed by atoms with E-state index in [4.69, 9.17) is 0 Å².